The molecule has 122 valence electrons. The molecule has 1 atom stereocenters. The number of nitrogens with two attached hydrogens (primary N) is 1. The van der Waals surface area contributed by atoms with Crippen molar-refractivity contribution in [3.8, 4) is 5.75 Å². The van der Waals surface area contributed by atoms with Crippen LogP contribution >= 0.6 is 11.6 Å². The second kappa shape index (κ2) is 5.85. The molecule has 0 radical (unpaired) electrons. The molecule has 5 nitrogen and oxygen atoms in total. The number of ether oxygens (including phenoxy) is 1. The molecule has 4 rings (SSSR count). The molecular formula is C18H17ClN4O. The fraction of sp³-hybridized carbons (Fsp3) is 0.167. The third-order valence-electron chi connectivity index (χ3n) is 4.24. The Bertz CT molecular complexity index is 862. The van der Waals surface area contributed by atoms with Crippen LogP contribution in [0.2, 0.25) is 5.02 Å². The van der Waals surface area contributed by atoms with E-state index in [2.05, 4.69) is 16.5 Å². The number of rotatable bonds is 3. The Hall–Kier alpha value is -2.50. The SMILES string of the molecule is COc1cccc2c1N=C(N)N1NC(Cc3ccccc3Cl)C=C21. The molecule has 0 amide bonds. The summed E-state index contributed by atoms with van der Waals surface area (Å²) in [4.78, 5) is 4.48. The van der Waals surface area contributed by atoms with E-state index >= 15 is 0 Å². The highest BCUT2D eigenvalue weighted by Crippen LogP contribution is 2.41. The van der Waals surface area contributed by atoms with Crippen LogP contribution in [-0.2, 0) is 6.42 Å². The fourth-order valence-corrected chi connectivity index (χ4v) is 3.33. The lowest BCUT2D eigenvalue weighted by molar-refractivity contribution is 0.402. The first-order valence-electron chi connectivity index (χ1n) is 7.70. The normalized spacial score (nSPS) is 18.6. The van der Waals surface area contributed by atoms with Crippen molar-refractivity contribution < 1.29 is 4.74 Å². The van der Waals surface area contributed by atoms with Crippen LogP contribution in [0, 0.1) is 0 Å². The third-order valence-corrected chi connectivity index (χ3v) is 4.61. The van der Waals surface area contributed by atoms with E-state index in [9.17, 15) is 0 Å². The van der Waals surface area contributed by atoms with Crippen molar-refractivity contribution in [2.45, 2.75) is 12.5 Å². The molecule has 2 aliphatic heterocycles. The van der Waals surface area contributed by atoms with Crippen LogP contribution in [0.15, 0.2) is 53.5 Å². The van der Waals surface area contributed by atoms with E-state index in [4.69, 9.17) is 22.1 Å². The van der Waals surface area contributed by atoms with Crippen molar-refractivity contribution in [2.24, 2.45) is 10.7 Å². The van der Waals surface area contributed by atoms with Crippen LogP contribution in [0.1, 0.15) is 11.1 Å². The van der Waals surface area contributed by atoms with Crippen LogP contribution in [0.3, 0.4) is 0 Å². The van der Waals surface area contributed by atoms with Crippen molar-refractivity contribution in [1.29, 1.82) is 0 Å². The van der Waals surface area contributed by atoms with E-state index in [-0.39, 0.29) is 6.04 Å². The van der Waals surface area contributed by atoms with E-state index in [1.165, 1.54) is 0 Å². The number of benzene rings is 2. The monoisotopic (exact) mass is 340 g/mol. The predicted octanol–water partition coefficient (Wildman–Crippen LogP) is 3.08. The highest BCUT2D eigenvalue weighted by Gasteiger charge is 2.32. The van der Waals surface area contributed by atoms with E-state index in [1.54, 1.807) is 7.11 Å². The van der Waals surface area contributed by atoms with Crippen molar-refractivity contribution in [3.05, 3.63) is 64.7 Å². The smallest absolute Gasteiger partial charge is 0.216 e. The number of hydrazine groups is 1. The van der Waals surface area contributed by atoms with Crippen LogP contribution < -0.4 is 15.9 Å². The summed E-state index contributed by atoms with van der Waals surface area (Å²) in [6.45, 7) is 0. The molecule has 0 saturated carbocycles. The van der Waals surface area contributed by atoms with Gasteiger partial charge in [0.2, 0.25) is 5.96 Å². The lowest BCUT2D eigenvalue weighted by atomic mass is 10.0. The lowest BCUT2D eigenvalue weighted by Crippen LogP contribution is -2.46. The van der Waals surface area contributed by atoms with E-state index in [0.29, 0.717) is 11.7 Å². The van der Waals surface area contributed by atoms with E-state index in [0.717, 1.165) is 34.0 Å². The van der Waals surface area contributed by atoms with Crippen molar-refractivity contribution in [1.82, 2.24) is 10.4 Å². The Morgan fingerprint density at radius 1 is 1.25 bits per heavy atom. The topological polar surface area (TPSA) is 62.9 Å². The molecule has 3 N–H and O–H groups in total. The number of guanidine groups is 1. The van der Waals surface area contributed by atoms with Gasteiger partial charge in [-0.05, 0) is 30.2 Å². The molecular weight excluding hydrogens is 324 g/mol. The Morgan fingerprint density at radius 3 is 2.88 bits per heavy atom. The summed E-state index contributed by atoms with van der Waals surface area (Å²) in [7, 11) is 1.63. The molecule has 0 bridgehead atoms. The maximum absolute atomic E-state index is 6.28. The van der Waals surface area contributed by atoms with Gasteiger partial charge in [0.05, 0.1) is 18.8 Å². The number of nitrogens with one attached hydrogen (secondary N) is 1. The van der Waals surface area contributed by atoms with Gasteiger partial charge in [-0.15, -0.1) is 0 Å². The summed E-state index contributed by atoms with van der Waals surface area (Å²) in [6, 6.07) is 13.8. The quantitative estimate of drug-likeness (QED) is 0.901. The number of nitrogens with zero attached hydrogens (tertiary/aromatic N) is 2. The summed E-state index contributed by atoms with van der Waals surface area (Å²) < 4.78 is 5.40. The van der Waals surface area contributed by atoms with Gasteiger partial charge in [0.25, 0.3) is 0 Å². The second-order valence-corrected chi connectivity index (χ2v) is 6.15. The van der Waals surface area contributed by atoms with Crippen LogP contribution in [0.25, 0.3) is 5.70 Å². The Morgan fingerprint density at radius 2 is 2.08 bits per heavy atom. The van der Waals surface area contributed by atoms with Gasteiger partial charge in [0.15, 0.2) is 0 Å². The predicted molar refractivity (Wildman–Crippen MR) is 96.2 cm³/mol. The first-order chi connectivity index (χ1) is 11.7. The molecule has 0 fully saturated rings. The van der Waals surface area contributed by atoms with Crippen molar-refractivity contribution in [2.75, 3.05) is 7.11 Å². The molecule has 0 spiro atoms. The minimum Gasteiger partial charge on any atom is -0.494 e. The molecule has 2 aromatic carbocycles. The number of methoxy groups -OCH3 is 1. The van der Waals surface area contributed by atoms with Crippen LogP contribution in [0.5, 0.6) is 5.75 Å². The van der Waals surface area contributed by atoms with Gasteiger partial charge in [-0.25, -0.2) is 15.4 Å². The first-order valence-corrected chi connectivity index (χ1v) is 8.08. The number of fused-ring (bicyclic) bond motifs is 3. The molecule has 2 aromatic rings. The summed E-state index contributed by atoms with van der Waals surface area (Å²) in [5, 5.41) is 2.59. The molecule has 2 heterocycles. The Labute approximate surface area is 145 Å². The molecule has 0 aromatic heterocycles. The third kappa shape index (κ3) is 2.42. The summed E-state index contributed by atoms with van der Waals surface area (Å²) in [5.41, 5.74) is 13.4. The number of hydrogen-bond acceptors (Lipinski definition) is 5. The highest BCUT2D eigenvalue weighted by molar-refractivity contribution is 6.31. The van der Waals surface area contributed by atoms with Crippen LogP contribution in [-0.4, -0.2) is 24.1 Å². The molecule has 0 aliphatic carbocycles. The van der Waals surface area contributed by atoms with Crippen LogP contribution in [0.4, 0.5) is 5.69 Å². The zero-order chi connectivity index (χ0) is 16.7. The van der Waals surface area contributed by atoms with Gasteiger partial charge in [-0.2, -0.15) is 0 Å². The van der Waals surface area contributed by atoms with Gasteiger partial charge < -0.3 is 10.5 Å². The maximum atomic E-state index is 6.28. The largest absolute Gasteiger partial charge is 0.494 e. The summed E-state index contributed by atoms with van der Waals surface area (Å²) in [6.07, 6.45) is 2.93. The van der Waals surface area contributed by atoms with Gasteiger partial charge in [0.1, 0.15) is 11.4 Å². The fourth-order valence-electron chi connectivity index (χ4n) is 3.12. The minimum atomic E-state index is 0.0887. The average Bonchev–Trinajstić information content (AvgIpc) is 3.01. The first kappa shape index (κ1) is 15.1. The lowest BCUT2D eigenvalue weighted by Gasteiger charge is -2.27. The van der Waals surface area contributed by atoms with Crippen molar-refractivity contribution in [3.63, 3.8) is 0 Å². The highest BCUT2D eigenvalue weighted by atomic mass is 35.5. The van der Waals surface area contributed by atoms with E-state index < -0.39 is 0 Å². The average molecular weight is 341 g/mol. The van der Waals surface area contributed by atoms with Gasteiger partial charge in [-0.1, -0.05) is 41.9 Å². The molecule has 6 heteroatoms. The van der Waals surface area contributed by atoms with Gasteiger partial charge >= 0.3 is 0 Å². The molecule has 24 heavy (non-hydrogen) atoms. The summed E-state index contributed by atoms with van der Waals surface area (Å²) >= 11 is 6.28. The maximum Gasteiger partial charge on any atom is 0.216 e. The Balaban J connectivity index is 1.70. The Kier molecular flexibility index (Phi) is 3.67. The number of hydrogen-bond donors (Lipinski definition) is 2. The minimum absolute atomic E-state index is 0.0887. The van der Waals surface area contributed by atoms with Gasteiger partial charge in [0, 0.05) is 10.6 Å². The van der Waals surface area contributed by atoms with Crippen molar-refractivity contribution >= 4 is 28.9 Å². The number of halogens is 1. The summed E-state index contributed by atoms with van der Waals surface area (Å²) in [5.74, 6) is 1.12. The van der Waals surface area contributed by atoms with E-state index in [1.807, 2.05) is 47.5 Å². The molecule has 1 unspecified atom stereocenters. The van der Waals surface area contributed by atoms with Gasteiger partial charge in [-0.3, -0.25) is 0 Å². The molecule has 0 saturated heterocycles. The number of para-hydroxylation sites is 1. The second-order valence-electron chi connectivity index (χ2n) is 5.74. The number of aliphatic imine (C=N–C) groups is 1. The molecule has 2 aliphatic rings. The standard InChI is InChI=1S/C18H17ClN4O/c1-24-16-8-4-6-13-15-10-12(9-11-5-2-3-7-14(11)19)22-23(15)18(20)21-17(13)16/h2-8,10,12,22H,9H2,1H3,(H2,20,21). The zero-order valence-electron chi connectivity index (χ0n) is 13.2. The zero-order valence-corrected chi connectivity index (χ0v) is 13.9.